The van der Waals surface area contributed by atoms with E-state index in [1.54, 1.807) is 12.1 Å². The van der Waals surface area contributed by atoms with Gasteiger partial charge in [0.1, 0.15) is 0 Å². The number of alkyl halides is 2. The second-order valence-corrected chi connectivity index (χ2v) is 6.28. The van der Waals surface area contributed by atoms with Gasteiger partial charge in [-0.1, -0.05) is 18.2 Å². The summed E-state index contributed by atoms with van der Waals surface area (Å²) in [6.07, 6.45) is 3.25. The molecule has 0 atom stereocenters. The van der Waals surface area contributed by atoms with Crippen molar-refractivity contribution in [2.75, 3.05) is 26.9 Å². The van der Waals surface area contributed by atoms with Crippen molar-refractivity contribution in [1.82, 2.24) is 5.32 Å². The molecular formula is C23H27F2NO5. The zero-order chi connectivity index (χ0) is 22.6. The summed E-state index contributed by atoms with van der Waals surface area (Å²) in [6.45, 7) is 2.25. The van der Waals surface area contributed by atoms with Crippen LogP contribution in [0.1, 0.15) is 25.0 Å². The molecule has 31 heavy (non-hydrogen) atoms. The molecule has 0 fully saturated rings. The molecule has 0 unspecified atom stereocenters. The lowest BCUT2D eigenvalue weighted by atomic mass is 10.1. The quantitative estimate of drug-likeness (QED) is 0.499. The smallest absolute Gasteiger partial charge is 0.387 e. The van der Waals surface area contributed by atoms with Crippen molar-refractivity contribution in [3.63, 3.8) is 0 Å². The number of rotatable bonds is 12. The van der Waals surface area contributed by atoms with Crippen LogP contribution in [0.5, 0.6) is 23.0 Å². The molecule has 0 radical (unpaired) electrons. The molecular weight excluding hydrogens is 408 g/mol. The van der Waals surface area contributed by atoms with E-state index in [1.165, 1.54) is 25.3 Å². The summed E-state index contributed by atoms with van der Waals surface area (Å²) in [6, 6.07) is 10.3. The number of ether oxygens (including phenoxy) is 4. The molecule has 0 aliphatic rings. The van der Waals surface area contributed by atoms with Crippen LogP contribution in [-0.4, -0.2) is 39.4 Å². The van der Waals surface area contributed by atoms with Gasteiger partial charge in [-0.2, -0.15) is 8.78 Å². The molecule has 0 aliphatic heterocycles. The van der Waals surface area contributed by atoms with E-state index in [0.29, 0.717) is 43.2 Å². The molecule has 2 aromatic carbocycles. The Hall–Kier alpha value is -3.29. The Bertz CT molecular complexity index is 886. The van der Waals surface area contributed by atoms with Crippen molar-refractivity contribution in [2.24, 2.45) is 0 Å². The van der Waals surface area contributed by atoms with Gasteiger partial charge in [-0.15, -0.1) is 0 Å². The van der Waals surface area contributed by atoms with E-state index in [-0.39, 0.29) is 17.4 Å². The van der Waals surface area contributed by atoms with E-state index >= 15 is 0 Å². The number of nitrogens with one attached hydrogen (secondary N) is 1. The van der Waals surface area contributed by atoms with Gasteiger partial charge in [-0.3, -0.25) is 4.79 Å². The summed E-state index contributed by atoms with van der Waals surface area (Å²) < 4.78 is 46.1. The summed E-state index contributed by atoms with van der Waals surface area (Å²) >= 11 is 0. The van der Waals surface area contributed by atoms with Gasteiger partial charge in [0.25, 0.3) is 0 Å². The molecule has 0 aromatic heterocycles. The number of benzene rings is 2. The van der Waals surface area contributed by atoms with Crippen LogP contribution in [0.15, 0.2) is 42.5 Å². The standard InChI is InChI=1S/C23H27F2NO5/c1-4-29-18-11-9-16(15-20(18)30-5-2)13-14-26-21(27)12-10-17-7-6-8-19(28-3)22(17)31-23(24)25/h6-12,15,23H,4-5,13-14H2,1-3H3,(H,26,27)/b12-10+. The predicted molar refractivity (Wildman–Crippen MR) is 114 cm³/mol. The fraction of sp³-hybridized carbons (Fsp3) is 0.348. The van der Waals surface area contributed by atoms with Gasteiger partial charge in [-0.05, 0) is 50.1 Å². The van der Waals surface area contributed by atoms with Crippen molar-refractivity contribution in [3.05, 3.63) is 53.6 Å². The van der Waals surface area contributed by atoms with Crippen LogP contribution < -0.4 is 24.3 Å². The Morgan fingerprint density at radius 1 is 1.06 bits per heavy atom. The van der Waals surface area contributed by atoms with E-state index in [2.05, 4.69) is 10.1 Å². The number of para-hydroxylation sites is 1. The highest BCUT2D eigenvalue weighted by Crippen LogP contribution is 2.33. The average molecular weight is 435 g/mol. The molecule has 0 spiro atoms. The molecule has 0 aliphatic carbocycles. The monoisotopic (exact) mass is 435 g/mol. The van der Waals surface area contributed by atoms with Crippen LogP contribution in [0.25, 0.3) is 6.08 Å². The van der Waals surface area contributed by atoms with Crippen molar-refractivity contribution in [2.45, 2.75) is 26.9 Å². The molecule has 0 bridgehead atoms. The first-order valence-electron chi connectivity index (χ1n) is 9.94. The molecule has 1 N–H and O–H groups in total. The summed E-state index contributed by atoms with van der Waals surface area (Å²) in [4.78, 5) is 12.1. The molecule has 8 heteroatoms. The minimum Gasteiger partial charge on any atom is -0.493 e. The molecule has 2 aromatic rings. The number of halogens is 2. The van der Waals surface area contributed by atoms with Crippen molar-refractivity contribution in [3.8, 4) is 23.0 Å². The van der Waals surface area contributed by atoms with Crippen LogP contribution in [-0.2, 0) is 11.2 Å². The second kappa shape index (κ2) is 12.4. The molecule has 0 heterocycles. The zero-order valence-corrected chi connectivity index (χ0v) is 17.8. The fourth-order valence-corrected chi connectivity index (χ4v) is 2.85. The molecule has 2 rings (SSSR count). The van der Waals surface area contributed by atoms with Gasteiger partial charge in [0.05, 0.1) is 20.3 Å². The maximum Gasteiger partial charge on any atom is 0.387 e. The first kappa shape index (κ1) is 24.0. The van der Waals surface area contributed by atoms with Gasteiger partial charge < -0.3 is 24.3 Å². The third-order valence-corrected chi connectivity index (χ3v) is 4.17. The Kier molecular flexibility index (Phi) is 9.61. The van der Waals surface area contributed by atoms with E-state index in [9.17, 15) is 13.6 Å². The van der Waals surface area contributed by atoms with Crippen LogP contribution in [0.4, 0.5) is 8.78 Å². The van der Waals surface area contributed by atoms with Crippen LogP contribution >= 0.6 is 0 Å². The third kappa shape index (κ3) is 7.47. The molecule has 0 saturated heterocycles. The molecule has 1 amide bonds. The topological polar surface area (TPSA) is 66.0 Å². The molecule has 6 nitrogen and oxygen atoms in total. The van der Waals surface area contributed by atoms with E-state index in [0.717, 1.165) is 5.56 Å². The maximum absolute atomic E-state index is 12.7. The number of amides is 1. The summed E-state index contributed by atoms with van der Waals surface area (Å²) in [5.74, 6) is 1.02. The Morgan fingerprint density at radius 3 is 2.48 bits per heavy atom. The lowest BCUT2D eigenvalue weighted by Crippen LogP contribution is -2.23. The van der Waals surface area contributed by atoms with Crippen molar-refractivity contribution < 1.29 is 32.5 Å². The van der Waals surface area contributed by atoms with Crippen LogP contribution in [0.2, 0.25) is 0 Å². The third-order valence-electron chi connectivity index (χ3n) is 4.17. The number of carbonyl (C=O) groups excluding carboxylic acids is 1. The van der Waals surface area contributed by atoms with E-state index in [1.807, 2.05) is 32.0 Å². The van der Waals surface area contributed by atoms with Gasteiger partial charge in [0.15, 0.2) is 23.0 Å². The number of hydrogen-bond donors (Lipinski definition) is 1. The van der Waals surface area contributed by atoms with Crippen molar-refractivity contribution >= 4 is 12.0 Å². The summed E-state index contributed by atoms with van der Waals surface area (Å²) in [7, 11) is 1.35. The lowest BCUT2D eigenvalue weighted by molar-refractivity contribution is -0.116. The summed E-state index contributed by atoms with van der Waals surface area (Å²) in [5, 5.41) is 2.76. The van der Waals surface area contributed by atoms with E-state index < -0.39 is 6.61 Å². The number of carbonyl (C=O) groups is 1. The minimum absolute atomic E-state index is 0.123. The Balaban J connectivity index is 1.97. The first-order valence-corrected chi connectivity index (χ1v) is 9.94. The second-order valence-electron chi connectivity index (χ2n) is 6.28. The van der Waals surface area contributed by atoms with E-state index in [4.69, 9.17) is 14.2 Å². The summed E-state index contributed by atoms with van der Waals surface area (Å²) in [5.41, 5.74) is 1.29. The Morgan fingerprint density at radius 2 is 1.81 bits per heavy atom. The van der Waals surface area contributed by atoms with Crippen molar-refractivity contribution in [1.29, 1.82) is 0 Å². The SMILES string of the molecule is CCOc1ccc(CCNC(=O)/C=C/c2cccc(OC)c2OC(F)F)cc1OCC. The highest BCUT2D eigenvalue weighted by Gasteiger charge is 2.14. The van der Waals surface area contributed by atoms with Gasteiger partial charge in [0.2, 0.25) is 5.91 Å². The zero-order valence-electron chi connectivity index (χ0n) is 17.8. The van der Waals surface area contributed by atoms with Gasteiger partial charge in [0, 0.05) is 18.2 Å². The maximum atomic E-state index is 12.7. The van der Waals surface area contributed by atoms with Gasteiger partial charge in [-0.25, -0.2) is 0 Å². The highest BCUT2D eigenvalue weighted by atomic mass is 19.3. The lowest BCUT2D eigenvalue weighted by Gasteiger charge is -2.13. The molecule has 0 saturated carbocycles. The van der Waals surface area contributed by atoms with Gasteiger partial charge >= 0.3 is 6.61 Å². The molecule has 168 valence electrons. The Labute approximate surface area is 180 Å². The fourth-order valence-electron chi connectivity index (χ4n) is 2.85. The van der Waals surface area contributed by atoms with Crippen LogP contribution in [0.3, 0.4) is 0 Å². The van der Waals surface area contributed by atoms with Crippen LogP contribution in [0, 0.1) is 0 Å². The normalized spacial score (nSPS) is 10.9. The number of hydrogen-bond acceptors (Lipinski definition) is 5. The first-order chi connectivity index (χ1) is 15.0. The number of methoxy groups -OCH3 is 1. The predicted octanol–water partition coefficient (Wildman–Crippen LogP) is 4.47. The highest BCUT2D eigenvalue weighted by molar-refractivity contribution is 5.92. The average Bonchev–Trinajstić information content (AvgIpc) is 2.74. The largest absolute Gasteiger partial charge is 0.493 e. The minimum atomic E-state index is -3.01.